The zero-order valence-corrected chi connectivity index (χ0v) is 18.0. The third-order valence-corrected chi connectivity index (χ3v) is 7.27. The second-order valence-electron chi connectivity index (χ2n) is 7.36. The number of hydrogen-bond donors (Lipinski definition) is 0. The van der Waals surface area contributed by atoms with Crippen LogP contribution in [0.25, 0.3) is 21.7 Å². The highest BCUT2D eigenvalue weighted by atomic mass is 32.2. The summed E-state index contributed by atoms with van der Waals surface area (Å²) in [5.74, 6) is 0.272. The van der Waals surface area contributed by atoms with E-state index in [4.69, 9.17) is 4.74 Å². The molecule has 0 N–H and O–H groups in total. The lowest BCUT2D eigenvalue weighted by atomic mass is 9.99. The van der Waals surface area contributed by atoms with E-state index < -0.39 is 10.0 Å². The summed E-state index contributed by atoms with van der Waals surface area (Å²) in [7, 11) is -2.42. The van der Waals surface area contributed by atoms with Crippen LogP contribution in [0.3, 0.4) is 0 Å². The first-order valence-electron chi connectivity index (χ1n) is 10.0. The molecule has 1 heterocycles. The van der Waals surface area contributed by atoms with Gasteiger partial charge in [-0.15, -0.1) is 0 Å². The molecule has 0 bridgehead atoms. The molecule has 6 heteroatoms. The summed E-state index contributed by atoms with van der Waals surface area (Å²) in [6.45, 7) is 0. The fraction of sp³-hybridized carbons (Fsp3) is 0.0385. The van der Waals surface area contributed by atoms with Crippen molar-refractivity contribution in [2.45, 2.75) is 4.90 Å². The minimum Gasteiger partial charge on any atom is -0.496 e. The van der Waals surface area contributed by atoms with Crippen LogP contribution >= 0.6 is 0 Å². The zero-order valence-electron chi connectivity index (χ0n) is 17.2. The van der Waals surface area contributed by atoms with E-state index in [2.05, 4.69) is 0 Å². The van der Waals surface area contributed by atoms with Crippen LogP contribution < -0.4 is 4.74 Å². The molecule has 0 fully saturated rings. The predicted octanol–water partition coefficient (Wildman–Crippen LogP) is 5.27. The Morgan fingerprint density at radius 2 is 1.47 bits per heavy atom. The molecular weight excluding hydrogens is 422 g/mol. The van der Waals surface area contributed by atoms with Gasteiger partial charge in [-0.3, -0.25) is 4.79 Å². The SMILES string of the molecule is COc1cccc2c(C(=O)c3cc4ccccc4n3S(=O)(=O)c3ccccc3)cccc12. The highest BCUT2D eigenvalue weighted by Gasteiger charge is 2.27. The topological polar surface area (TPSA) is 65.4 Å². The Labute approximate surface area is 185 Å². The normalized spacial score (nSPS) is 11.7. The van der Waals surface area contributed by atoms with Crippen molar-refractivity contribution in [2.24, 2.45) is 0 Å². The van der Waals surface area contributed by atoms with Crippen LogP contribution in [0, 0.1) is 0 Å². The Hall–Kier alpha value is -3.90. The third kappa shape index (κ3) is 3.08. The molecule has 0 radical (unpaired) electrons. The molecule has 0 atom stereocenters. The molecule has 158 valence electrons. The Bertz CT molecular complexity index is 1580. The maximum atomic E-state index is 13.8. The van der Waals surface area contributed by atoms with Crippen molar-refractivity contribution in [3.8, 4) is 5.75 Å². The zero-order chi connectivity index (χ0) is 22.3. The average Bonchev–Trinajstić information content (AvgIpc) is 3.24. The van der Waals surface area contributed by atoms with Gasteiger partial charge in [0.2, 0.25) is 5.78 Å². The largest absolute Gasteiger partial charge is 0.496 e. The van der Waals surface area contributed by atoms with E-state index in [0.717, 1.165) is 9.36 Å². The fourth-order valence-corrected chi connectivity index (χ4v) is 5.57. The summed E-state index contributed by atoms with van der Waals surface area (Å²) in [6.07, 6.45) is 0. The molecule has 5 aromatic rings. The maximum absolute atomic E-state index is 13.8. The molecule has 0 amide bonds. The standard InChI is InChI=1S/C26H19NO4S/c1-31-25-16-8-12-20-21(25)13-7-14-22(20)26(28)24-17-18-9-5-6-15-23(18)27(24)32(29,30)19-10-3-2-4-11-19/h2-17H,1H3. The molecule has 4 aromatic carbocycles. The number of para-hydroxylation sites is 1. The minimum absolute atomic E-state index is 0.0883. The third-order valence-electron chi connectivity index (χ3n) is 5.53. The van der Waals surface area contributed by atoms with Gasteiger partial charge in [0.1, 0.15) is 11.4 Å². The number of ether oxygens (including phenoxy) is 1. The lowest BCUT2D eigenvalue weighted by molar-refractivity contribution is 0.103. The molecule has 0 unspecified atom stereocenters. The highest BCUT2D eigenvalue weighted by Crippen LogP contribution is 2.32. The van der Waals surface area contributed by atoms with Crippen LogP contribution in [-0.2, 0) is 10.0 Å². The van der Waals surface area contributed by atoms with E-state index in [1.807, 2.05) is 30.3 Å². The Morgan fingerprint density at radius 1 is 0.781 bits per heavy atom. The van der Waals surface area contributed by atoms with Crippen molar-refractivity contribution < 1.29 is 17.9 Å². The van der Waals surface area contributed by atoms with Crippen LogP contribution in [0.2, 0.25) is 0 Å². The van der Waals surface area contributed by atoms with E-state index in [-0.39, 0.29) is 16.4 Å². The second kappa shape index (κ2) is 7.66. The molecule has 0 aliphatic heterocycles. The molecule has 32 heavy (non-hydrogen) atoms. The van der Waals surface area contributed by atoms with E-state index in [0.29, 0.717) is 27.6 Å². The average molecular weight is 442 g/mol. The van der Waals surface area contributed by atoms with Crippen LogP contribution in [-0.4, -0.2) is 25.3 Å². The molecule has 0 aliphatic carbocycles. The summed E-state index contributed by atoms with van der Waals surface area (Å²) in [5, 5.41) is 2.16. The number of rotatable bonds is 5. The summed E-state index contributed by atoms with van der Waals surface area (Å²) >= 11 is 0. The highest BCUT2D eigenvalue weighted by molar-refractivity contribution is 7.90. The van der Waals surface area contributed by atoms with Gasteiger partial charge in [0.15, 0.2) is 0 Å². The Kier molecular flexibility index (Phi) is 4.79. The van der Waals surface area contributed by atoms with Crippen molar-refractivity contribution >= 4 is 37.5 Å². The van der Waals surface area contributed by atoms with Gasteiger partial charge in [-0.2, -0.15) is 0 Å². The summed E-state index contributed by atoms with van der Waals surface area (Å²) in [4.78, 5) is 13.9. The first kappa shape index (κ1) is 20.0. The van der Waals surface area contributed by atoms with E-state index in [1.165, 1.54) is 12.1 Å². The fourth-order valence-electron chi connectivity index (χ4n) is 4.04. The number of carbonyl (C=O) groups excluding carboxylic acids is 1. The summed E-state index contributed by atoms with van der Waals surface area (Å²) in [5.41, 5.74) is 0.955. The number of aromatic nitrogens is 1. The van der Waals surface area contributed by atoms with Crippen LogP contribution in [0.15, 0.2) is 102 Å². The molecule has 5 rings (SSSR count). The van der Waals surface area contributed by atoms with Crippen molar-refractivity contribution in [1.82, 2.24) is 3.97 Å². The number of methoxy groups -OCH3 is 1. The van der Waals surface area contributed by atoms with E-state index in [1.54, 1.807) is 61.7 Å². The summed E-state index contributed by atoms with van der Waals surface area (Å²) < 4.78 is 33.8. The monoisotopic (exact) mass is 441 g/mol. The summed E-state index contributed by atoms with van der Waals surface area (Å²) in [6, 6.07) is 27.7. The Balaban J connectivity index is 1.79. The van der Waals surface area contributed by atoms with Gasteiger partial charge in [-0.25, -0.2) is 12.4 Å². The molecule has 5 nitrogen and oxygen atoms in total. The van der Waals surface area contributed by atoms with Crippen LogP contribution in [0.5, 0.6) is 5.75 Å². The number of ketones is 1. The van der Waals surface area contributed by atoms with Crippen molar-refractivity contribution in [3.63, 3.8) is 0 Å². The smallest absolute Gasteiger partial charge is 0.268 e. The lowest BCUT2D eigenvalue weighted by Crippen LogP contribution is -2.19. The number of carbonyl (C=O) groups is 1. The second-order valence-corrected chi connectivity index (χ2v) is 9.15. The lowest BCUT2D eigenvalue weighted by Gasteiger charge is -2.13. The van der Waals surface area contributed by atoms with Crippen LogP contribution in [0.4, 0.5) is 0 Å². The number of nitrogens with zero attached hydrogens (tertiary/aromatic N) is 1. The van der Waals surface area contributed by atoms with Gasteiger partial charge in [-0.1, -0.05) is 66.7 Å². The van der Waals surface area contributed by atoms with Crippen molar-refractivity contribution in [2.75, 3.05) is 7.11 Å². The van der Waals surface area contributed by atoms with Gasteiger partial charge in [-0.05, 0) is 35.7 Å². The van der Waals surface area contributed by atoms with Crippen molar-refractivity contribution in [1.29, 1.82) is 0 Å². The quantitative estimate of drug-likeness (QED) is 0.349. The molecule has 0 saturated carbocycles. The number of benzene rings is 4. The Morgan fingerprint density at radius 3 is 2.25 bits per heavy atom. The molecular formula is C26H19NO4S. The molecule has 1 aromatic heterocycles. The van der Waals surface area contributed by atoms with Crippen LogP contribution in [0.1, 0.15) is 16.1 Å². The predicted molar refractivity (Wildman–Crippen MR) is 125 cm³/mol. The molecule has 0 aliphatic rings. The first-order chi connectivity index (χ1) is 15.5. The van der Waals surface area contributed by atoms with Gasteiger partial charge in [0.25, 0.3) is 10.0 Å². The molecule has 0 saturated heterocycles. The molecule has 0 spiro atoms. The maximum Gasteiger partial charge on any atom is 0.268 e. The first-order valence-corrected chi connectivity index (χ1v) is 11.5. The number of hydrogen-bond acceptors (Lipinski definition) is 4. The van der Waals surface area contributed by atoms with E-state index in [9.17, 15) is 13.2 Å². The number of fused-ring (bicyclic) bond motifs is 2. The minimum atomic E-state index is -4.00. The van der Waals surface area contributed by atoms with Gasteiger partial charge >= 0.3 is 0 Å². The van der Waals surface area contributed by atoms with Crippen molar-refractivity contribution in [3.05, 3.63) is 108 Å². The van der Waals surface area contributed by atoms with E-state index >= 15 is 0 Å². The van der Waals surface area contributed by atoms with Gasteiger partial charge < -0.3 is 4.74 Å². The van der Waals surface area contributed by atoms with Gasteiger partial charge in [0, 0.05) is 16.3 Å². The van der Waals surface area contributed by atoms with Gasteiger partial charge in [0.05, 0.1) is 17.5 Å².